The largest absolute Gasteiger partial charge is 0.0837 e. The van der Waals surface area contributed by atoms with Gasteiger partial charge in [-0.2, -0.15) is 0 Å². The first kappa shape index (κ1) is 17.5. The van der Waals surface area contributed by atoms with Crippen LogP contribution in [0.2, 0.25) is 5.02 Å². The maximum Gasteiger partial charge on any atom is 0.0487 e. The van der Waals surface area contributed by atoms with Gasteiger partial charge in [-0.3, -0.25) is 0 Å². The minimum absolute atomic E-state index is 0.203. The van der Waals surface area contributed by atoms with Crippen LogP contribution in [0.1, 0.15) is 48.8 Å². The molecule has 0 aliphatic heterocycles. The van der Waals surface area contributed by atoms with Gasteiger partial charge in [0.05, 0.1) is 0 Å². The molecule has 8 rings (SSSR count). The van der Waals surface area contributed by atoms with Gasteiger partial charge in [0.25, 0.3) is 0 Å². The Labute approximate surface area is 189 Å². The monoisotopic (exact) mass is 422 g/mol. The van der Waals surface area contributed by atoms with Crippen LogP contribution in [-0.4, -0.2) is 0 Å². The average molecular weight is 423 g/mol. The topological polar surface area (TPSA) is 0 Å². The SMILES string of the molecule is Cc1ccc(-c2ccc3c(c2)-c2c(Cl)cccc2C32C3CC4CC5CC2CC45C3)cc1. The lowest BCUT2D eigenvalue weighted by atomic mass is 9.54. The van der Waals surface area contributed by atoms with Crippen molar-refractivity contribution in [3.63, 3.8) is 0 Å². The van der Waals surface area contributed by atoms with Crippen LogP contribution in [0.4, 0.5) is 0 Å². The van der Waals surface area contributed by atoms with E-state index in [1.165, 1.54) is 59.9 Å². The molecule has 0 heterocycles. The fraction of sp³-hybridized carbons (Fsp3) is 0.400. The van der Waals surface area contributed by atoms with Crippen molar-refractivity contribution in [2.24, 2.45) is 29.1 Å². The van der Waals surface area contributed by atoms with Gasteiger partial charge in [0.15, 0.2) is 0 Å². The lowest BCUT2D eigenvalue weighted by Gasteiger charge is -2.50. The molecule has 4 unspecified atom stereocenters. The Morgan fingerprint density at radius 2 is 1.42 bits per heavy atom. The van der Waals surface area contributed by atoms with Crippen LogP contribution in [-0.2, 0) is 5.41 Å². The summed E-state index contributed by atoms with van der Waals surface area (Å²) in [5.41, 5.74) is 10.8. The highest BCUT2D eigenvalue weighted by atomic mass is 35.5. The molecule has 5 aliphatic carbocycles. The van der Waals surface area contributed by atoms with Gasteiger partial charge in [-0.15, -0.1) is 0 Å². The molecular formula is C30H27Cl. The van der Waals surface area contributed by atoms with Gasteiger partial charge in [-0.25, -0.2) is 0 Å². The zero-order valence-corrected chi connectivity index (χ0v) is 18.8. The normalized spacial score (nSPS) is 37.6. The minimum Gasteiger partial charge on any atom is -0.0837 e. The lowest BCUT2D eigenvalue weighted by Crippen LogP contribution is -2.44. The molecule has 31 heavy (non-hydrogen) atoms. The molecule has 5 aliphatic rings. The third-order valence-electron chi connectivity index (χ3n) is 10.5. The third-order valence-corrected chi connectivity index (χ3v) is 10.8. The van der Waals surface area contributed by atoms with E-state index in [1.54, 1.807) is 11.1 Å². The molecule has 0 N–H and O–H groups in total. The maximum absolute atomic E-state index is 6.96. The number of halogens is 1. The van der Waals surface area contributed by atoms with Crippen molar-refractivity contribution in [2.75, 3.05) is 0 Å². The number of fused-ring (bicyclic) bond motifs is 9. The highest BCUT2D eigenvalue weighted by Gasteiger charge is 2.74. The number of hydrogen-bond acceptors (Lipinski definition) is 0. The summed E-state index contributed by atoms with van der Waals surface area (Å²) in [7, 11) is 0. The van der Waals surface area contributed by atoms with Crippen LogP contribution in [0.25, 0.3) is 22.3 Å². The maximum atomic E-state index is 6.96. The summed E-state index contributed by atoms with van der Waals surface area (Å²) in [6, 6.07) is 23.0. The van der Waals surface area contributed by atoms with Gasteiger partial charge in [0.1, 0.15) is 0 Å². The minimum atomic E-state index is 0.203. The molecule has 0 amide bonds. The van der Waals surface area contributed by atoms with Crippen LogP contribution >= 0.6 is 11.6 Å². The molecule has 2 spiro atoms. The van der Waals surface area contributed by atoms with E-state index in [1.807, 2.05) is 0 Å². The molecule has 0 aromatic heterocycles. The van der Waals surface area contributed by atoms with Crippen molar-refractivity contribution in [3.8, 4) is 22.3 Å². The molecule has 4 atom stereocenters. The molecule has 4 fully saturated rings. The molecule has 1 heteroatoms. The molecule has 0 saturated heterocycles. The quantitative estimate of drug-likeness (QED) is 0.372. The summed E-state index contributed by atoms with van der Waals surface area (Å²) in [4.78, 5) is 0. The highest BCUT2D eigenvalue weighted by Crippen LogP contribution is 2.81. The van der Waals surface area contributed by atoms with E-state index in [9.17, 15) is 0 Å². The number of benzene rings is 3. The standard InChI is InChI=1S/C30H27Cl/c1-17-5-7-18(8-6-17)19-9-10-25-24(11-19)28-26(3-2-4-27(28)31)30(25)22-13-20-12-21-14-23(30)16-29(20,21)15-22/h2-11,20-23H,12-16H2,1H3. The van der Waals surface area contributed by atoms with E-state index in [4.69, 9.17) is 11.6 Å². The van der Waals surface area contributed by atoms with Gasteiger partial charge in [0, 0.05) is 16.0 Å². The highest BCUT2D eigenvalue weighted by molar-refractivity contribution is 6.34. The molecule has 3 bridgehead atoms. The van der Waals surface area contributed by atoms with E-state index in [2.05, 4.69) is 67.6 Å². The zero-order valence-electron chi connectivity index (χ0n) is 18.0. The van der Waals surface area contributed by atoms with Crippen LogP contribution < -0.4 is 0 Å². The van der Waals surface area contributed by atoms with E-state index >= 15 is 0 Å². The molecule has 3 aromatic carbocycles. The van der Waals surface area contributed by atoms with Gasteiger partial charge >= 0.3 is 0 Å². The summed E-state index contributed by atoms with van der Waals surface area (Å²) in [6.07, 6.45) is 7.33. The summed E-state index contributed by atoms with van der Waals surface area (Å²) in [5, 5.41) is 0.940. The number of aryl methyl sites for hydroxylation is 1. The molecule has 3 aromatic rings. The molecule has 154 valence electrons. The van der Waals surface area contributed by atoms with Crippen molar-refractivity contribution in [3.05, 3.63) is 82.4 Å². The van der Waals surface area contributed by atoms with Crippen molar-refractivity contribution in [1.29, 1.82) is 0 Å². The Hall–Kier alpha value is -2.05. The Morgan fingerprint density at radius 3 is 2.16 bits per heavy atom. The molecule has 0 nitrogen and oxygen atoms in total. The fourth-order valence-corrected chi connectivity index (χ4v) is 9.68. The van der Waals surface area contributed by atoms with Crippen molar-refractivity contribution < 1.29 is 0 Å². The Kier molecular flexibility index (Phi) is 3.08. The Morgan fingerprint density at radius 1 is 0.742 bits per heavy atom. The van der Waals surface area contributed by atoms with Crippen molar-refractivity contribution in [2.45, 2.75) is 44.4 Å². The second kappa shape index (κ2) is 5.46. The second-order valence-electron chi connectivity index (χ2n) is 11.3. The Balaban J connectivity index is 1.39. The first-order valence-corrected chi connectivity index (χ1v) is 12.5. The summed E-state index contributed by atoms with van der Waals surface area (Å²) >= 11 is 6.96. The van der Waals surface area contributed by atoms with Crippen LogP contribution in [0.15, 0.2) is 60.7 Å². The van der Waals surface area contributed by atoms with Gasteiger partial charge < -0.3 is 0 Å². The fourth-order valence-electron chi connectivity index (χ4n) is 9.40. The van der Waals surface area contributed by atoms with Gasteiger partial charge in [0.2, 0.25) is 0 Å². The first-order valence-electron chi connectivity index (χ1n) is 12.1. The van der Waals surface area contributed by atoms with E-state index < -0.39 is 0 Å². The van der Waals surface area contributed by atoms with Crippen molar-refractivity contribution in [1.82, 2.24) is 0 Å². The van der Waals surface area contributed by atoms with E-state index in [0.717, 1.165) is 34.1 Å². The predicted octanol–water partition coefficient (Wildman–Crippen LogP) is 8.04. The summed E-state index contributed by atoms with van der Waals surface area (Å²) < 4.78 is 0. The van der Waals surface area contributed by atoms with Gasteiger partial charge in [-0.1, -0.05) is 65.7 Å². The molecule has 4 saturated carbocycles. The van der Waals surface area contributed by atoms with Crippen LogP contribution in [0.3, 0.4) is 0 Å². The van der Waals surface area contributed by atoms with Crippen LogP contribution in [0, 0.1) is 36.0 Å². The third kappa shape index (κ3) is 1.85. The first-order chi connectivity index (χ1) is 15.1. The second-order valence-corrected chi connectivity index (χ2v) is 11.7. The van der Waals surface area contributed by atoms with Gasteiger partial charge in [-0.05, 0) is 108 Å². The van der Waals surface area contributed by atoms with E-state index in [-0.39, 0.29) is 5.41 Å². The summed E-state index contributed by atoms with van der Waals surface area (Å²) in [5.74, 6) is 3.61. The summed E-state index contributed by atoms with van der Waals surface area (Å²) in [6.45, 7) is 2.16. The number of rotatable bonds is 1. The average Bonchev–Trinajstić information content (AvgIpc) is 3.30. The van der Waals surface area contributed by atoms with Crippen LogP contribution in [0.5, 0.6) is 0 Å². The van der Waals surface area contributed by atoms with Crippen molar-refractivity contribution >= 4 is 11.6 Å². The molecule has 0 radical (unpaired) electrons. The van der Waals surface area contributed by atoms with E-state index in [0.29, 0.717) is 0 Å². The predicted molar refractivity (Wildman–Crippen MR) is 127 cm³/mol. The smallest absolute Gasteiger partial charge is 0.0487 e. The number of hydrogen-bond donors (Lipinski definition) is 0. The Bertz CT molecular complexity index is 1240. The zero-order chi connectivity index (χ0) is 20.5. The lowest BCUT2D eigenvalue weighted by molar-refractivity contribution is -0.00187. The molecular weight excluding hydrogens is 396 g/mol.